The first-order valence-electron chi connectivity index (χ1n) is 5.79. The third-order valence-electron chi connectivity index (χ3n) is 2.12. The molecule has 0 spiro atoms. The molecule has 1 aromatic carbocycles. The number of aryl methyl sites for hydroxylation is 2. The van der Waals surface area contributed by atoms with Gasteiger partial charge in [-0.05, 0) is 43.5 Å². The quantitative estimate of drug-likeness (QED) is 0.585. The molecular formula is C12H21BO5. The third-order valence-corrected chi connectivity index (χ3v) is 2.12. The first-order chi connectivity index (χ1) is 8.38. The zero-order chi connectivity index (χ0) is 14.1. The number of benzene rings is 1. The Hall–Kier alpha value is -1.08. The molecule has 0 amide bonds. The fraction of sp³-hybridized carbons (Fsp3) is 0.500. The smallest absolute Gasteiger partial charge is 0.512 e. The molecule has 4 N–H and O–H groups in total. The van der Waals surface area contributed by atoms with Crippen LogP contribution < -0.4 is 4.65 Å². The lowest BCUT2D eigenvalue weighted by atomic mass is 10.1. The van der Waals surface area contributed by atoms with Crippen LogP contribution in [0.5, 0.6) is 5.75 Å². The molecule has 6 heteroatoms. The summed E-state index contributed by atoms with van der Waals surface area (Å²) in [7, 11) is -1.74. The Balaban J connectivity index is 0.000000411. The summed E-state index contributed by atoms with van der Waals surface area (Å²) in [5.74, 6) is 0.475. The Morgan fingerprint density at radius 1 is 1.17 bits per heavy atom. The van der Waals surface area contributed by atoms with E-state index < -0.39 is 13.4 Å². The molecule has 0 fully saturated rings. The van der Waals surface area contributed by atoms with Crippen LogP contribution >= 0.6 is 0 Å². The molecule has 0 aliphatic carbocycles. The minimum atomic E-state index is -1.74. The normalized spacial score (nSPS) is 11.3. The maximum absolute atomic E-state index is 8.52. The molecule has 1 rings (SSSR count). The number of aliphatic hydroxyl groups is 2. The van der Waals surface area contributed by atoms with E-state index >= 15 is 0 Å². The van der Waals surface area contributed by atoms with Crippen molar-refractivity contribution in [3.63, 3.8) is 0 Å². The van der Waals surface area contributed by atoms with Gasteiger partial charge < -0.3 is 24.9 Å². The highest BCUT2D eigenvalue weighted by atomic mass is 16.6. The molecule has 0 heterocycles. The first-order valence-corrected chi connectivity index (χ1v) is 5.79. The Morgan fingerprint density at radius 2 is 1.67 bits per heavy atom. The Labute approximate surface area is 108 Å². The molecule has 1 aromatic rings. The van der Waals surface area contributed by atoms with Gasteiger partial charge in [0.15, 0.2) is 0 Å². The number of aliphatic hydroxyl groups excluding tert-OH is 2. The Kier molecular flexibility index (Phi) is 8.40. The second kappa shape index (κ2) is 8.94. The molecule has 0 radical (unpaired) electrons. The predicted octanol–water partition coefficient (Wildman–Crippen LogP) is 0.401. The molecule has 0 aliphatic rings. The zero-order valence-electron chi connectivity index (χ0n) is 11.0. The SMILES string of the molecule is CCC(O)CO.Cc1cc(C)cc(OB(O)O)c1. The monoisotopic (exact) mass is 256 g/mol. The lowest BCUT2D eigenvalue weighted by molar-refractivity contribution is 0.0923. The van der Waals surface area contributed by atoms with Crippen LogP contribution in [0.2, 0.25) is 0 Å². The van der Waals surface area contributed by atoms with Crippen molar-refractivity contribution in [3.8, 4) is 5.75 Å². The highest BCUT2D eigenvalue weighted by Gasteiger charge is 2.10. The summed E-state index contributed by atoms with van der Waals surface area (Å²) >= 11 is 0. The van der Waals surface area contributed by atoms with Crippen molar-refractivity contribution < 1.29 is 24.9 Å². The van der Waals surface area contributed by atoms with E-state index in [1.54, 1.807) is 12.1 Å². The lowest BCUT2D eigenvalue weighted by Crippen LogP contribution is -2.20. The van der Waals surface area contributed by atoms with Gasteiger partial charge in [-0.25, -0.2) is 0 Å². The summed E-state index contributed by atoms with van der Waals surface area (Å²) in [5, 5.41) is 33.5. The van der Waals surface area contributed by atoms with Gasteiger partial charge in [-0.3, -0.25) is 0 Å². The lowest BCUT2D eigenvalue weighted by Gasteiger charge is -2.06. The van der Waals surface area contributed by atoms with Crippen molar-refractivity contribution in [2.45, 2.75) is 33.3 Å². The average Bonchev–Trinajstić information content (AvgIpc) is 2.26. The minimum absolute atomic E-state index is 0.115. The fourth-order valence-corrected chi connectivity index (χ4v) is 1.25. The number of hydrogen-bond acceptors (Lipinski definition) is 5. The van der Waals surface area contributed by atoms with E-state index in [9.17, 15) is 0 Å². The molecule has 0 aromatic heterocycles. The standard InChI is InChI=1S/C8H11BO3.C4H10O2/c1-6-3-7(2)5-8(4-6)12-9(10)11;1-2-4(6)3-5/h3-5,10-11H,1-2H3;4-6H,2-3H2,1H3. The summed E-state index contributed by atoms with van der Waals surface area (Å²) in [6, 6.07) is 5.47. The maximum atomic E-state index is 8.52. The van der Waals surface area contributed by atoms with Gasteiger partial charge in [-0.15, -0.1) is 0 Å². The fourth-order valence-electron chi connectivity index (χ4n) is 1.25. The minimum Gasteiger partial charge on any atom is -0.512 e. The summed E-state index contributed by atoms with van der Waals surface area (Å²) in [6.07, 6.45) is 0.126. The second-order valence-corrected chi connectivity index (χ2v) is 4.01. The van der Waals surface area contributed by atoms with Crippen molar-refractivity contribution in [3.05, 3.63) is 29.3 Å². The van der Waals surface area contributed by atoms with Gasteiger partial charge in [0.05, 0.1) is 12.7 Å². The van der Waals surface area contributed by atoms with Gasteiger partial charge in [0.1, 0.15) is 5.75 Å². The van der Waals surface area contributed by atoms with Gasteiger partial charge in [0.2, 0.25) is 0 Å². The van der Waals surface area contributed by atoms with Crippen molar-refractivity contribution in [2.24, 2.45) is 0 Å². The van der Waals surface area contributed by atoms with Gasteiger partial charge in [-0.2, -0.15) is 0 Å². The van der Waals surface area contributed by atoms with Crippen LogP contribution in [0.25, 0.3) is 0 Å². The van der Waals surface area contributed by atoms with Crippen molar-refractivity contribution in [1.29, 1.82) is 0 Å². The highest BCUT2D eigenvalue weighted by molar-refractivity contribution is 6.33. The first kappa shape index (κ1) is 16.9. The predicted molar refractivity (Wildman–Crippen MR) is 70.1 cm³/mol. The van der Waals surface area contributed by atoms with Gasteiger partial charge in [0, 0.05) is 0 Å². The van der Waals surface area contributed by atoms with E-state index in [-0.39, 0.29) is 6.61 Å². The third kappa shape index (κ3) is 8.08. The Morgan fingerprint density at radius 3 is 1.94 bits per heavy atom. The van der Waals surface area contributed by atoms with Crippen LogP contribution in [0.1, 0.15) is 24.5 Å². The van der Waals surface area contributed by atoms with E-state index in [2.05, 4.69) is 4.65 Å². The van der Waals surface area contributed by atoms with Gasteiger partial charge in [-0.1, -0.05) is 13.0 Å². The van der Waals surface area contributed by atoms with Crippen LogP contribution in [0.15, 0.2) is 18.2 Å². The maximum Gasteiger partial charge on any atom is 0.707 e. The van der Waals surface area contributed by atoms with Gasteiger partial charge in [0.25, 0.3) is 0 Å². The molecule has 0 saturated carbocycles. The van der Waals surface area contributed by atoms with Crippen molar-refractivity contribution in [1.82, 2.24) is 0 Å². The molecule has 5 nitrogen and oxygen atoms in total. The van der Waals surface area contributed by atoms with Crippen LogP contribution in [0, 0.1) is 13.8 Å². The van der Waals surface area contributed by atoms with Crippen LogP contribution in [0.3, 0.4) is 0 Å². The van der Waals surface area contributed by atoms with E-state index in [4.69, 9.17) is 20.3 Å². The average molecular weight is 256 g/mol. The molecule has 1 unspecified atom stereocenters. The number of rotatable bonds is 4. The number of hydrogen-bond donors (Lipinski definition) is 4. The van der Waals surface area contributed by atoms with E-state index in [1.165, 1.54) is 0 Å². The molecular weight excluding hydrogens is 235 g/mol. The summed E-state index contributed by atoms with van der Waals surface area (Å²) in [4.78, 5) is 0. The van der Waals surface area contributed by atoms with E-state index in [0.29, 0.717) is 12.2 Å². The van der Waals surface area contributed by atoms with Gasteiger partial charge >= 0.3 is 7.32 Å². The van der Waals surface area contributed by atoms with Crippen molar-refractivity contribution in [2.75, 3.05) is 6.61 Å². The molecule has 102 valence electrons. The summed E-state index contributed by atoms with van der Waals surface area (Å²) < 4.78 is 4.69. The van der Waals surface area contributed by atoms with E-state index in [1.807, 2.05) is 26.8 Å². The van der Waals surface area contributed by atoms with Crippen LogP contribution in [0.4, 0.5) is 0 Å². The summed E-state index contributed by atoms with van der Waals surface area (Å²) in [5.41, 5.74) is 2.07. The molecule has 18 heavy (non-hydrogen) atoms. The molecule has 0 saturated heterocycles. The van der Waals surface area contributed by atoms with Crippen LogP contribution in [-0.4, -0.2) is 40.3 Å². The largest absolute Gasteiger partial charge is 0.707 e. The van der Waals surface area contributed by atoms with Crippen LogP contribution in [-0.2, 0) is 0 Å². The molecule has 0 bridgehead atoms. The topological polar surface area (TPSA) is 90.2 Å². The summed E-state index contributed by atoms with van der Waals surface area (Å²) in [6.45, 7) is 5.55. The Bertz CT molecular complexity index is 319. The second-order valence-electron chi connectivity index (χ2n) is 4.01. The molecule has 1 atom stereocenters. The van der Waals surface area contributed by atoms with Crippen molar-refractivity contribution >= 4 is 7.32 Å². The molecule has 0 aliphatic heterocycles. The zero-order valence-corrected chi connectivity index (χ0v) is 11.0. The highest BCUT2D eigenvalue weighted by Crippen LogP contribution is 2.15. The van der Waals surface area contributed by atoms with E-state index in [0.717, 1.165) is 11.1 Å².